The smallest absolute Gasteiger partial charge is 0.305 e. The summed E-state index contributed by atoms with van der Waals surface area (Å²) in [4.78, 5) is 25.0. The molecule has 0 aliphatic heterocycles. The van der Waals surface area contributed by atoms with E-state index in [2.05, 4.69) is 72.8 Å². The largest absolute Gasteiger partial charge is 0.469 e. The van der Waals surface area contributed by atoms with E-state index < -0.39 is 5.41 Å². The summed E-state index contributed by atoms with van der Waals surface area (Å²) in [6.45, 7) is 0. The molecule has 4 aromatic carbocycles. The van der Waals surface area contributed by atoms with Crippen LogP contribution in [0.4, 0.5) is 0 Å². The third-order valence-electron chi connectivity index (χ3n) is 8.96. The fourth-order valence-electron chi connectivity index (χ4n) is 7.07. The Kier molecular flexibility index (Phi) is 7.22. The van der Waals surface area contributed by atoms with Crippen LogP contribution in [0.3, 0.4) is 0 Å². The van der Waals surface area contributed by atoms with Crippen LogP contribution in [0.25, 0.3) is 21.9 Å². The topological polar surface area (TPSA) is 61.8 Å². The Labute approximate surface area is 240 Å². The fraction of sp³-hybridized carbons (Fsp3) is 0.278. The number of carbonyl (C=O) groups excluding carboxylic acids is 2. The van der Waals surface area contributed by atoms with Crippen molar-refractivity contribution in [2.45, 2.75) is 43.6 Å². The Bertz CT molecular complexity index is 1610. The Morgan fingerprint density at radius 2 is 1.29 bits per heavy atom. The highest BCUT2D eigenvalue weighted by Crippen LogP contribution is 2.55. The molecule has 0 amide bonds. The second-order valence-corrected chi connectivity index (χ2v) is 10.9. The number of hydrogen-bond acceptors (Lipinski definition) is 5. The zero-order valence-corrected chi connectivity index (χ0v) is 23.7. The standard InChI is InChI=1S/C36H34O5/c1-39-30-22-24-17-16-23-10-4-5-11-25(23)33(24)35(30)34-26-12-6-8-14-28(26)36(20-18-31(37)40-2,21-19-32(38)41-3)29-15-9-7-13-27(29)34/h4-17,30H,18-22H2,1-3H3/t30-/m0/s1. The molecule has 4 aromatic rings. The molecule has 5 heteroatoms. The van der Waals surface area contributed by atoms with Crippen molar-refractivity contribution >= 4 is 33.9 Å². The molecule has 0 bridgehead atoms. The first-order chi connectivity index (χ1) is 20.0. The van der Waals surface area contributed by atoms with E-state index in [-0.39, 0.29) is 30.9 Å². The molecule has 0 radical (unpaired) electrons. The van der Waals surface area contributed by atoms with Gasteiger partial charge in [-0.3, -0.25) is 9.59 Å². The van der Waals surface area contributed by atoms with Crippen LogP contribution in [0.2, 0.25) is 0 Å². The monoisotopic (exact) mass is 546 g/mol. The molecule has 41 heavy (non-hydrogen) atoms. The molecule has 0 aromatic heterocycles. The van der Waals surface area contributed by atoms with Crippen LogP contribution in [-0.2, 0) is 35.6 Å². The van der Waals surface area contributed by atoms with Gasteiger partial charge < -0.3 is 14.2 Å². The van der Waals surface area contributed by atoms with E-state index in [4.69, 9.17) is 14.2 Å². The average Bonchev–Trinajstić information content (AvgIpc) is 3.41. The van der Waals surface area contributed by atoms with E-state index >= 15 is 0 Å². The van der Waals surface area contributed by atoms with Gasteiger partial charge in [-0.2, -0.15) is 0 Å². The summed E-state index contributed by atoms with van der Waals surface area (Å²) >= 11 is 0. The third kappa shape index (κ3) is 4.45. The minimum absolute atomic E-state index is 0.107. The number of esters is 2. The number of hydrogen-bond donors (Lipinski definition) is 0. The van der Waals surface area contributed by atoms with E-state index in [0.29, 0.717) is 12.8 Å². The molecule has 6 rings (SSSR count). The lowest BCUT2D eigenvalue weighted by molar-refractivity contribution is -0.141. The van der Waals surface area contributed by atoms with Gasteiger partial charge in [0.15, 0.2) is 0 Å². The number of ether oxygens (including phenoxy) is 3. The van der Waals surface area contributed by atoms with E-state index in [1.807, 2.05) is 12.1 Å². The van der Waals surface area contributed by atoms with Gasteiger partial charge in [-0.05, 0) is 68.1 Å². The molecule has 1 atom stereocenters. The van der Waals surface area contributed by atoms with E-state index in [1.54, 1.807) is 7.11 Å². The zero-order valence-electron chi connectivity index (χ0n) is 23.7. The first-order valence-electron chi connectivity index (χ1n) is 14.1. The van der Waals surface area contributed by atoms with Gasteiger partial charge in [0.25, 0.3) is 0 Å². The molecule has 5 nitrogen and oxygen atoms in total. The highest BCUT2D eigenvalue weighted by molar-refractivity contribution is 6.10. The Morgan fingerprint density at radius 3 is 1.88 bits per heavy atom. The maximum atomic E-state index is 12.5. The molecule has 208 valence electrons. The van der Waals surface area contributed by atoms with Crippen molar-refractivity contribution in [1.29, 1.82) is 0 Å². The van der Waals surface area contributed by atoms with Crippen LogP contribution < -0.4 is 0 Å². The van der Waals surface area contributed by atoms with Crippen LogP contribution in [0.1, 0.15) is 59.1 Å². The number of rotatable bonds is 7. The second kappa shape index (κ2) is 11.0. The van der Waals surface area contributed by atoms with Gasteiger partial charge in [-0.1, -0.05) is 84.9 Å². The van der Waals surface area contributed by atoms with Crippen molar-refractivity contribution in [3.63, 3.8) is 0 Å². The zero-order chi connectivity index (χ0) is 28.6. The maximum Gasteiger partial charge on any atom is 0.305 e. The highest BCUT2D eigenvalue weighted by Gasteiger charge is 2.44. The SMILES string of the molecule is COC(=O)CCC1(CCC(=O)OC)c2ccccc2C(=C2c3c(ccc4ccccc34)C[C@@H]2OC)c2ccccc21. The molecule has 0 unspecified atom stereocenters. The molecule has 0 saturated carbocycles. The summed E-state index contributed by atoms with van der Waals surface area (Å²) < 4.78 is 16.3. The molecular weight excluding hydrogens is 512 g/mol. The van der Waals surface area contributed by atoms with E-state index in [1.165, 1.54) is 41.7 Å². The summed E-state index contributed by atoms with van der Waals surface area (Å²) in [5, 5.41) is 2.42. The lowest BCUT2D eigenvalue weighted by Gasteiger charge is -2.43. The van der Waals surface area contributed by atoms with Crippen LogP contribution >= 0.6 is 0 Å². The van der Waals surface area contributed by atoms with Crippen molar-refractivity contribution in [1.82, 2.24) is 0 Å². The Morgan fingerprint density at radius 1 is 0.732 bits per heavy atom. The molecule has 0 heterocycles. The van der Waals surface area contributed by atoms with Gasteiger partial charge in [0.2, 0.25) is 0 Å². The average molecular weight is 547 g/mol. The summed E-state index contributed by atoms with van der Waals surface area (Å²) in [5.74, 6) is -0.533. The van der Waals surface area contributed by atoms with Gasteiger partial charge >= 0.3 is 11.9 Å². The number of methoxy groups -OCH3 is 3. The van der Waals surface area contributed by atoms with Gasteiger partial charge in [-0.15, -0.1) is 0 Å². The minimum Gasteiger partial charge on any atom is -0.469 e. The molecule has 0 fully saturated rings. The van der Waals surface area contributed by atoms with Crippen molar-refractivity contribution < 1.29 is 23.8 Å². The normalized spacial score (nSPS) is 16.6. The summed E-state index contributed by atoms with van der Waals surface area (Å²) in [6, 6.07) is 29.8. The van der Waals surface area contributed by atoms with Gasteiger partial charge in [0.05, 0.1) is 20.3 Å². The number of fused-ring (bicyclic) bond motifs is 5. The molecule has 2 aliphatic carbocycles. The molecule has 0 spiro atoms. The van der Waals surface area contributed by atoms with Crippen molar-refractivity contribution in [2.75, 3.05) is 21.3 Å². The lowest BCUT2D eigenvalue weighted by atomic mass is 9.60. The Hall–Kier alpha value is -4.22. The minimum atomic E-state index is -0.581. The first kappa shape index (κ1) is 27.0. The summed E-state index contributed by atoms with van der Waals surface area (Å²) in [5.41, 5.74) is 8.72. The van der Waals surface area contributed by atoms with Gasteiger partial charge in [-0.25, -0.2) is 0 Å². The fourth-order valence-corrected chi connectivity index (χ4v) is 7.07. The summed E-state index contributed by atoms with van der Waals surface area (Å²) in [7, 11) is 4.62. The van der Waals surface area contributed by atoms with Crippen molar-refractivity contribution in [2.24, 2.45) is 0 Å². The quantitative estimate of drug-likeness (QED) is 0.237. The Balaban J connectivity index is 1.68. The van der Waals surface area contributed by atoms with Crippen LogP contribution in [0.5, 0.6) is 0 Å². The van der Waals surface area contributed by atoms with Crippen LogP contribution in [-0.4, -0.2) is 39.4 Å². The first-order valence-corrected chi connectivity index (χ1v) is 14.1. The molecule has 0 saturated heterocycles. The van der Waals surface area contributed by atoms with E-state index in [0.717, 1.165) is 34.2 Å². The second-order valence-electron chi connectivity index (χ2n) is 10.9. The molecular formula is C36H34O5. The highest BCUT2D eigenvalue weighted by atomic mass is 16.5. The lowest BCUT2D eigenvalue weighted by Crippen LogP contribution is -2.35. The van der Waals surface area contributed by atoms with Gasteiger partial charge in [0.1, 0.15) is 0 Å². The predicted octanol–water partition coefficient (Wildman–Crippen LogP) is 6.88. The van der Waals surface area contributed by atoms with Crippen LogP contribution in [0, 0.1) is 0 Å². The maximum absolute atomic E-state index is 12.5. The molecule has 2 aliphatic rings. The number of carbonyl (C=O) groups is 2. The van der Waals surface area contributed by atoms with Crippen molar-refractivity contribution in [3.8, 4) is 0 Å². The van der Waals surface area contributed by atoms with Crippen LogP contribution in [0.15, 0.2) is 84.9 Å². The predicted molar refractivity (Wildman–Crippen MR) is 161 cm³/mol. The molecule has 0 N–H and O–H groups in total. The van der Waals surface area contributed by atoms with E-state index in [9.17, 15) is 9.59 Å². The third-order valence-corrected chi connectivity index (χ3v) is 8.96. The van der Waals surface area contributed by atoms with Crippen molar-refractivity contribution in [3.05, 3.63) is 118 Å². The van der Waals surface area contributed by atoms with Gasteiger partial charge in [0, 0.05) is 31.8 Å². The summed E-state index contributed by atoms with van der Waals surface area (Å²) in [6.07, 6.45) is 2.20. The number of benzene rings is 4.